The van der Waals surface area contributed by atoms with E-state index in [-0.39, 0.29) is 12.6 Å². The molecule has 2 N–H and O–H groups in total. The van der Waals surface area contributed by atoms with E-state index in [0.717, 1.165) is 19.4 Å². The molecular weight excluding hydrogens is 186 g/mol. The smallest absolute Gasteiger partial charge is 0.323 e. The maximum Gasteiger partial charge on any atom is 0.323 e. The Hall–Kier alpha value is -0.650. The topological polar surface area (TPSA) is 67.8 Å². The molecule has 1 aliphatic rings. The third-order valence-electron chi connectivity index (χ3n) is 2.23. The van der Waals surface area contributed by atoms with Crippen molar-refractivity contribution >= 4 is 5.97 Å². The molecule has 0 aliphatic carbocycles. The molecule has 0 spiro atoms. The number of carboxylic acid groups (broad SMARTS) is 1. The second-order valence-electron chi connectivity index (χ2n) is 3.43. The first-order chi connectivity index (χ1) is 6.74. The molecule has 1 aliphatic heterocycles. The van der Waals surface area contributed by atoms with Crippen molar-refractivity contribution in [2.75, 3.05) is 26.9 Å². The lowest BCUT2D eigenvalue weighted by Gasteiger charge is -2.26. The molecule has 82 valence electrons. The van der Waals surface area contributed by atoms with Gasteiger partial charge in [-0.15, -0.1) is 0 Å². The van der Waals surface area contributed by atoms with E-state index in [1.165, 1.54) is 7.11 Å². The molecule has 0 radical (unpaired) electrons. The summed E-state index contributed by atoms with van der Waals surface area (Å²) >= 11 is 0. The maximum atomic E-state index is 10.8. The van der Waals surface area contributed by atoms with E-state index in [2.05, 4.69) is 5.32 Å². The van der Waals surface area contributed by atoms with Crippen LogP contribution in [0.25, 0.3) is 0 Å². The molecule has 1 fully saturated rings. The van der Waals surface area contributed by atoms with Crippen molar-refractivity contribution < 1.29 is 19.4 Å². The van der Waals surface area contributed by atoms with Crippen LogP contribution in [0.15, 0.2) is 0 Å². The molecule has 0 aromatic rings. The van der Waals surface area contributed by atoms with Gasteiger partial charge in [0.1, 0.15) is 6.04 Å². The summed E-state index contributed by atoms with van der Waals surface area (Å²) in [5.41, 5.74) is 0. The monoisotopic (exact) mass is 203 g/mol. The molecule has 0 aromatic heterocycles. The van der Waals surface area contributed by atoms with Gasteiger partial charge in [0, 0.05) is 19.8 Å². The average molecular weight is 203 g/mol. The standard InChI is InChI=1S/C9H17NO4/c1-13-6-8(9(11)12)10-7-3-2-4-14-5-7/h7-8,10H,2-6H2,1H3,(H,11,12). The van der Waals surface area contributed by atoms with Gasteiger partial charge in [-0.2, -0.15) is 0 Å². The van der Waals surface area contributed by atoms with E-state index >= 15 is 0 Å². The fourth-order valence-corrected chi connectivity index (χ4v) is 1.51. The number of ether oxygens (including phenoxy) is 2. The predicted molar refractivity (Wildman–Crippen MR) is 50.3 cm³/mol. The Morgan fingerprint density at radius 3 is 3.07 bits per heavy atom. The fraction of sp³-hybridized carbons (Fsp3) is 0.889. The van der Waals surface area contributed by atoms with Gasteiger partial charge in [-0.05, 0) is 12.8 Å². The van der Waals surface area contributed by atoms with E-state index in [9.17, 15) is 4.79 Å². The van der Waals surface area contributed by atoms with Gasteiger partial charge < -0.3 is 14.6 Å². The van der Waals surface area contributed by atoms with Gasteiger partial charge >= 0.3 is 5.97 Å². The number of hydrogen-bond donors (Lipinski definition) is 2. The average Bonchev–Trinajstić information content (AvgIpc) is 2.18. The molecular formula is C9H17NO4. The minimum Gasteiger partial charge on any atom is -0.480 e. The molecule has 0 saturated carbocycles. The molecule has 1 heterocycles. The Morgan fingerprint density at radius 2 is 2.57 bits per heavy atom. The number of aliphatic carboxylic acids is 1. The lowest BCUT2D eigenvalue weighted by atomic mass is 10.1. The van der Waals surface area contributed by atoms with E-state index in [0.29, 0.717) is 6.61 Å². The van der Waals surface area contributed by atoms with Crippen molar-refractivity contribution in [1.29, 1.82) is 0 Å². The summed E-state index contributed by atoms with van der Waals surface area (Å²) in [5.74, 6) is -0.877. The Labute approximate surface area is 83.4 Å². The fourth-order valence-electron chi connectivity index (χ4n) is 1.51. The maximum absolute atomic E-state index is 10.8. The minimum atomic E-state index is -0.877. The molecule has 1 saturated heterocycles. The van der Waals surface area contributed by atoms with Gasteiger partial charge in [0.15, 0.2) is 0 Å². The summed E-state index contributed by atoms with van der Waals surface area (Å²) in [4.78, 5) is 10.8. The Balaban J connectivity index is 2.33. The minimum absolute atomic E-state index is 0.139. The highest BCUT2D eigenvalue weighted by atomic mass is 16.5. The van der Waals surface area contributed by atoms with Gasteiger partial charge in [-0.1, -0.05) is 0 Å². The van der Waals surface area contributed by atoms with Crippen LogP contribution in [0.1, 0.15) is 12.8 Å². The zero-order valence-corrected chi connectivity index (χ0v) is 8.36. The Morgan fingerprint density at radius 1 is 1.79 bits per heavy atom. The molecule has 5 nitrogen and oxygen atoms in total. The van der Waals surface area contributed by atoms with Crippen molar-refractivity contribution in [2.45, 2.75) is 24.9 Å². The van der Waals surface area contributed by atoms with E-state index in [4.69, 9.17) is 14.6 Å². The largest absolute Gasteiger partial charge is 0.480 e. The summed E-state index contributed by atoms with van der Waals surface area (Å²) in [6, 6.07) is -0.494. The Bertz CT molecular complexity index is 180. The summed E-state index contributed by atoms with van der Waals surface area (Å²) in [6.07, 6.45) is 1.95. The van der Waals surface area contributed by atoms with Crippen LogP contribution in [0.5, 0.6) is 0 Å². The molecule has 0 bridgehead atoms. The number of carboxylic acids is 1. The van der Waals surface area contributed by atoms with Gasteiger partial charge in [0.25, 0.3) is 0 Å². The first-order valence-corrected chi connectivity index (χ1v) is 4.79. The SMILES string of the molecule is COCC(NC1CCCOC1)C(=O)O. The number of methoxy groups -OCH3 is 1. The quantitative estimate of drug-likeness (QED) is 0.650. The number of rotatable bonds is 5. The van der Waals surface area contributed by atoms with E-state index < -0.39 is 12.0 Å². The van der Waals surface area contributed by atoms with Crippen LogP contribution in [-0.2, 0) is 14.3 Å². The second kappa shape index (κ2) is 5.95. The van der Waals surface area contributed by atoms with Crippen LogP contribution in [0.4, 0.5) is 0 Å². The van der Waals surface area contributed by atoms with Gasteiger partial charge in [0.2, 0.25) is 0 Å². The van der Waals surface area contributed by atoms with Gasteiger partial charge in [-0.25, -0.2) is 0 Å². The number of carbonyl (C=O) groups is 1. The van der Waals surface area contributed by atoms with Crippen LogP contribution in [0, 0.1) is 0 Å². The molecule has 2 unspecified atom stereocenters. The normalized spacial score (nSPS) is 24.5. The van der Waals surface area contributed by atoms with E-state index in [1.54, 1.807) is 0 Å². The zero-order chi connectivity index (χ0) is 10.4. The van der Waals surface area contributed by atoms with Crippen molar-refractivity contribution in [2.24, 2.45) is 0 Å². The highest BCUT2D eigenvalue weighted by molar-refractivity contribution is 5.73. The zero-order valence-electron chi connectivity index (χ0n) is 8.36. The van der Waals surface area contributed by atoms with Crippen molar-refractivity contribution in [3.63, 3.8) is 0 Å². The number of nitrogens with one attached hydrogen (secondary N) is 1. The summed E-state index contributed by atoms with van der Waals surface area (Å²) in [7, 11) is 1.50. The van der Waals surface area contributed by atoms with Crippen LogP contribution in [0.3, 0.4) is 0 Å². The lowest BCUT2D eigenvalue weighted by Crippen LogP contribution is -2.49. The van der Waals surface area contributed by atoms with Crippen LogP contribution in [-0.4, -0.2) is 50.1 Å². The second-order valence-corrected chi connectivity index (χ2v) is 3.43. The highest BCUT2D eigenvalue weighted by Crippen LogP contribution is 2.06. The Kier molecular flexibility index (Phi) is 4.86. The lowest BCUT2D eigenvalue weighted by molar-refractivity contribution is -0.141. The van der Waals surface area contributed by atoms with Crippen molar-refractivity contribution in [1.82, 2.24) is 5.32 Å². The highest BCUT2D eigenvalue weighted by Gasteiger charge is 2.22. The predicted octanol–water partition coefficient (Wildman–Crippen LogP) is -0.145. The molecule has 14 heavy (non-hydrogen) atoms. The van der Waals surface area contributed by atoms with Gasteiger partial charge in [0.05, 0.1) is 13.2 Å². The molecule has 5 heteroatoms. The molecule has 2 atom stereocenters. The van der Waals surface area contributed by atoms with Crippen molar-refractivity contribution in [3.05, 3.63) is 0 Å². The summed E-state index contributed by atoms with van der Waals surface area (Å²) < 4.78 is 10.1. The van der Waals surface area contributed by atoms with Crippen LogP contribution in [0.2, 0.25) is 0 Å². The molecule has 0 aromatic carbocycles. The van der Waals surface area contributed by atoms with E-state index in [1.807, 2.05) is 0 Å². The summed E-state index contributed by atoms with van der Waals surface area (Å²) in [6.45, 7) is 1.56. The van der Waals surface area contributed by atoms with Crippen molar-refractivity contribution in [3.8, 4) is 0 Å². The summed E-state index contributed by atoms with van der Waals surface area (Å²) in [5, 5.41) is 11.9. The molecule has 1 rings (SSSR count). The van der Waals surface area contributed by atoms with Crippen LogP contribution >= 0.6 is 0 Å². The first kappa shape index (κ1) is 11.4. The third kappa shape index (κ3) is 3.61. The first-order valence-electron chi connectivity index (χ1n) is 4.79. The van der Waals surface area contributed by atoms with Gasteiger partial charge in [-0.3, -0.25) is 10.1 Å². The van der Waals surface area contributed by atoms with Crippen LogP contribution < -0.4 is 5.32 Å². The third-order valence-corrected chi connectivity index (χ3v) is 2.23. The molecule has 0 amide bonds. The number of hydrogen-bond acceptors (Lipinski definition) is 4.